The summed E-state index contributed by atoms with van der Waals surface area (Å²) in [6, 6.07) is 13.0. The van der Waals surface area contributed by atoms with E-state index < -0.39 is 0 Å². The molecule has 2 atom stereocenters. The normalized spacial score (nSPS) is 18.8. The second-order valence-corrected chi connectivity index (χ2v) is 7.77. The van der Waals surface area contributed by atoms with E-state index >= 15 is 0 Å². The molecule has 1 saturated heterocycles. The van der Waals surface area contributed by atoms with Gasteiger partial charge in [-0.05, 0) is 50.4 Å². The van der Waals surface area contributed by atoms with E-state index in [-0.39, 0.29) is 24.4 Å². The van der Waals surface area contributed by atoms with Crippen molar-refractivity contribution in [3.8, 4) is 0 Å². The Hall–Kier alpha value is -1.40. The molecule has 3 rings (SSSR count). The predicted octanol–water partition coefficient (Wildman–Crippen LogP) is 3.37. The number of amides is 1. The Morgan fingerprint density at radius 2 is 2.08 bits per heavy atom. The van der Waals surface area contributed by atoms with Gasteiger partial charge in [0.15, 0.2) is 0 Å². The van der Waals surface area contributed by atoms with Gasteiger partial charge in [0.25, 0.3) is 0 Å². The average molecular weight is 394 g/mol. The summed E-state index contributed by atoms with van der Waals surface area (Å²) < 4.78 is 0. The maximum atomic E-state index is 12.7. The van der Waals surface area contributed by atoms with Crippen LogP contribution in [0.15, 0.2) is 41.8 Å². The van der Waals surface area contributed by atoms with Gasteiger partial charge in [-0.15, -0.1) is 23.7 Å². The number of rotatable bonds is 6. The van der Waals surface area contributed by atoms with E-state index in [4.69, 9.17) is 0 Å². The molecule has 1 fully saturated rings. The number of thiophene rings is 1. The molecule has 6 heteroatoms. The van der Waals surface area contributed by atoms with Crippen LogP contribution >= 0.6 is 23.7 Å². The van der Waals surface area contributed by atoms with E-state index in [1.165, 1.54) is 16.9 Å². The van der Waals surface area contributed by atoms with Crippen LogP contribution in [0, 0.1) is 6.92 Å². The van der Waals surface area contributed by atoms with Gasteiger partial charge in [-0.25, -0.2) is 0 Å². The van der Waals surface area contributed by atoms with E-state index in [0.717, 1.165) is 25.1 Å². The molecule has 1 aromatic carbocycles. The molecule has 0 saturated carbocycles. The van der Waals surface area contributed by atoms with E-state index in [1.54, 1.807) is 11.3 Å². The standard InChI is InChI=1S/C20H27N3OS.ClH/c1-15-7-9-16(10-8-15)20(18-6-4-12-25-18)22-19(24)14-23-11-3-5-17(13-23)21-2;/h4,6-10,12,17,20-21H,3,5,11,13-14H2,1-2H3,(H,22,24);1H. The molecule has 142 valence electrons. The second kappa shape index (κ2) is 10.1. The molecule has 2 N–H and O–H groups in total. The van der Waals surface area contributed by atoms with Crippen LogP contribution in [-0.4, -0.2) is 43.5 Å². The van der Waals surface area contributed by atoms with Gasteiger partial charge in [0, 0.05) is 17.5 Å². The molecule has 26 heavy (non-hydrogen) atoms. The van der Waals surface area contributed by atoms with Crippen molar-refractivity contribution in [3.63, 3.8) is 0 Å². The summed E-state index contributed by atoms with van der Waals surface area (Å²) in [5, 5.41) is 8.63. The lowest BCUT2D eigenvalue weighted by molar-refractivity contribution is -0.123. The molecular weight excluding hydrogens is 366 g/mol. The molecule has 1 amide bonds. The number of nitrogens with one attached hydrogen (secondary N) is 2. The van der Waals surface area contributed by atoms with Gasteiger partial charge in [0.2, 0.25) is 5.91 Å². The quantitative estimate of drug-likeness (QED) is 0.790. The zero-order chi connectivity index (χ0) is 17.6. The molecule has 0 aliphatic carbocycles. The third kappa shape index (κ3) is 5.55. The van der Waals surface area contributed by atoms with Crippen molar-refractivity contribution in [1.29, 1.82) is 0 Å². The zero-order valence-corrected chi connectivity index (χ0v) is 17.0. The fourth-order valence-electron chi connectivity index (χ4n) is 3.38. The van der Waals surface area contributed by atoms with Gasteiger partial charge < -0.3 is 10.6 Å². The first-order chi connectivity index (χ1) is 12.2. The van der Waals surface area contributed by atoms with Crippen molar-refractivity contribution in [3.05, 3.63) is 57.8 Å². The fraction of sp³-hybridized carbons (Fsp3) is 0.450. The summed E-state index contributed by atoms with van der Waals surface area (Å²) >= 11 is 1.68. The van der Waals surface area contributed by atoms with Crippen molar-refractivity contribution >= 4 is 29.7 Å². The molecular formula is C20H28ClN3OS. The van der Waals surface area contributed by atoms with Gasteiger partial charge in [-0.2, -0.15) is 0 Å². The smallest absolute Gasteiger partial charge is 0.234 e. The number of halogens is 1. The Labute approximate surface area is 166 Å². The van der Waals surface area contributed by atoms with Crippen molar-refractivity contribution < 1.29 is 4.79 Å². The molecule has 1 aliphatic heterocycles. The highest BCUT2D eigenvalue weighted by molar-refractivity contribution is 7.10. The third-order valence-electron chi connectivity index (χ3n) is 4.82. The molecule has 1 aromatic heterocycles. The van der Waals surface area contributed by atoms with Crippen LogP contribution in [0.2, 0.25) is 0 Å². The van der Waals surface area contributed by atoms with E-state index in [1.807, 2.05) is 13.1 Å². The number of hydrogen-bond acceptors (Lipinski definition) is 4. The maximum absolute atomic E-state index is 12.7. The Balaban J connectivity index is 0.00000243. The van der Waals surface area contributed by atoms with Gasteiger partial charge in [0.1, 0.15) is 0 Å². The number of aryl methyl sites for hydroxylation is 1. The van der Waals surface area contributed by atoms with Crippen LogP contribution in [0.5, 0.6) is 0 Å². The first-order valence-electron chi connectivity index (χ1n) is 8.94. The van der Waals surface area contributed by atoms with Crippen molar-refractivity contribution in [2.45, 2.75) is 31.8 Å². The molecule has 2 unspecified atom stereocenters. The number of likely N-dealkylation sites (tertiary alicyclic amines) is 1. The molecule has 2 aromatic rings. The number of nitrogens with zero attached hydrogens (tertiary/aromatic N) is 1. The summed E-state index contributed by atoms with van der Waals surface area (Å²) in [5.74, 6) is 0.0933. The molecule has 0 bridgehead atoms. The first-order valence-corrected chi connectivity index (χ1v) is 9.82. The van der Waals surface area contributed by atoms with Gasteiger partial charge in [-0.1, -0.05) is 35.9 Å². The van der Waals surface area contributed by atoms with Crippen LogP contribution in [-0.2, 0) is 4.79 Å². The summed E-state index contributed by atoms with van der Waals surface area (Å²) in [5.41, 5.74) is 2.36. The number of carbonyl (C=O) groups excluding carboxylic acids is 1. The monoisotopic (exact) mass is 393 g/mol. The highest BCUT2D eigenvalue weighted by Crippen LogP contribution is 2.26. The number of carbonyl (C=O) groups is 1. The molecule has 0 spiro atoms. The number of piperidine rings is 1. The SMILES string of the molecule is CNC1CCCN(CC(=O)NC(c2ccc(C)cc2)c2cccs2)C1.Cl. The lowest BCUT2D eigenvalue weighted by atomic mass is 10.0. The van der Waals surface area contributed by atoms with Crippen LogP contribution < -0.4 is 10.6 Å². The van der Waals surface area contributed by atoms with Crippen molar-refractivity contribution in [2.75, 3.05) is 26.7 Å². The number of benzene rings is 1. The van der Waals surface area contributed by atoms with Crippen LogP contribution in [0.25, 0.3) is 0 Å². The van der Waals surface area contributed by atoms with Crippen molar-refractivity contribution in [1.82, 2.24) is 15.5 Å². The lowest BCUT2D eigenvalue weighted by Gasteiger charge is -2.32. The van der Waals surface area contributed by atoms with Crippen LogP contribution in [0.3, 0.4) is 0 Å². The Morgan fingerprint density at radius 3 is 2.73 bits per heavy atom. The Morgan fingerprint density at radius 1 is 1.31 bits per heavy atom. The third-order valence-corrected chi connectivity index (χ3v) is 5.76. The second-order valence-electron chi connectivity index (χ2n) is 6.79. The maximum Gasteiger partial charge on any atom is 0.234 e. The van der Waals surface area contributed by atoms with E-state index in [2.05, 4.69) is 58.2 Å². The highest BCUT2D eigenvalue weighted by Gasteiger charge is 2.23. The van der Waals surface area contributed by atoms with E-state index in [9.17, 15) is 4.79 Å². The van der Waals surface area contributed by atoms with Gasteiger partial charge in [-0.3, -0.25) is 9.69 Å². The zero-order valence-electron chi connectivity index (χ0n) is 15.4. The average Bonchev–Trinajstić information content (AvgIpc) is 3.15. The molecule has 2 heterocycles. The van der Waals surface area contributed by atoms with E-state index in [0.29, 0.717) is 12.6 Å². The topological polar surface area (TPSA) is 44.4 Å². The Bertz CT molecular complexity index is 675. The minimum Gasteiger partial charge on any atom is -0.343 e. The minimum atomic E-state index is -0.0713. The van der Waals surface area contributed by atoms with Crippen molar-refractivity contribution in [2.24, 2.45) is 0 Å². The van der Waals surface area contributed by atoms with Crippen LogP contribution in [0.4, 0.5) is 0 Å². The fourth-order valence-corrected chi connectivity index (χ4v) is 4.18. The van der Waals surface area contributed by atoms with Gasteiger partial charge >= 0.3 is 0 Å². The molecule has 0 radical (unpaired) electrons. The molecule has 4 nitrogen and oxygen atoms in total. The first kappa shape index (κ1) is 20.9. The highest BCUT2D eigenvalue weighted by atomic mass is 35.5. The summed E-state index contributed by atoms with van der Waals surface area (Å²) in [6.07, 6.45) is 2.33. The Kier molecular flexibility index (Phi) is 8.10. The van der Waals surface area contributed by atoms with Gasteiger partial charge in [0.05, 0.1) is 12.6 Å². The van der Waals surface area contributed by atoms with Crippen LogP contribution in [0.1, 0.15) is 34.9 Å². The predicted molar refractivity (Wildman–Crippen MR) is 111 cm³/mol. The molecule has 1 aliphatic rings. The lowest BCUT2D eigenvalue weighted by Crippen LogP contribution is -2.48. The summed E-state index contributed by atoms with van der Waals surface area (Å²) in [7, 11) is 2.00. The number of hydrogen-bond donors (Lipinski definition) is 2. The minimum absolute atomic E-state index is 0. The number of likely N-dealkylation sites (N-methyl/N-ethyl adjacent to an activating group) is 1. The summed E-state index contributed by atoms with van der Waals surface area (Å²) in [6.45, 7) is 4.49. The largest absolute Gasteiger partial charge is 0.343 e. The summed E-state index contributed by atoms with van der Waals surface area (Å²) in [4.78, 5) is 16.1.